The molecule has 0 amide bonds. The van der Waals surface area contributed by atoms with Crippen LogP contribution in [0.4, 0.5) is 0 Å². The first kappa shape index (κ1) is 18.9. The molecule has 0 saturated heterocycles. The summed E-state index contributed by atoms with van der Waals surface area (Å²) in [6.07, 6.45) is 8.25. The number of benzene rings is 2. The van der Waals surface area contributed by atoms with E-state index < -0.39 is 0 Å². The zero-order valence-corrected chi connectivity index (χ0v) is 17.6. The SMILES string of the molecule is CCc1n(C2CCc3cc4c(cc32)OCC4)cc[n+]1CC(=O)c1ccc(OC)cc1. The molecule has 5 heteroatoms. The van der Waals surface area contributed by atoms with Crippen molar-refractivity contribution in [1.29, 1.82) is 0 Å². The summed E-state index contributed by atoms with van der Waals surface area (Å²) in [7, 11) is 1.63. The fourth-order valence-electron chi connectivity index (χ4n) is 4.86. The summed E-state index contributed by atoms with van der Waals surface area (Å²) in [6, 6.07) is 12.2. The Morgan fingerprint density at radius 2 is 2.03 bits per heavy atom. The van der Waals surface area contributed by atoms with Gasteiger partial charge in [0.05, 0.1) is 13.7 Å². The highest BCUT2D eigenvalue weighted by molar-refractivity contribution is 5.95. The van der Waals surface area contributed by atoms with E-state index in [1.54, 1.807) is 7.11 Å². The monoisotopic (exact) mass is 403 g/mol. The fourth-order valence-corrected chi connectivity index (χ4v) is 4.86. The Morgan fingerprint density at radius 1 is 1.20 bits per heavy atom. The Kier molecular flexibility index (Phi) is 4.81. The lowest BCUT2D eigenvalue weighted by Gasteiger charge is -2.12. The molecular formula is C25H27N2O3+. The maximum Gasteiger partial charge on any atom is 0.257 e. The van der Waals surface area contributed by atoms with Crippen LogP contribution in [0.15, 0.2) is 48.8 Å². The summed E-state index contributed by atoms with van der Waals surface area (Å²) in [5.41, 5.74) is 4.87. The van der Waals surface area contributed by atoms with Gasteiger partial charge in [-0.05, 0) is 54.3 Å². The highest BCUT2D eigenvalue weighted by Crippen LogP contribution is 2.40. The van der Waals surface area contributed by atoms with Crippen LogP contribution in [-0.4, -0.2) is 24.1 Å². The lowest BCUT2D eigenvalue weighted by atomic mass is 10.0. The highest BCUT2D eigenvalue weighted by atomic mass is 16.5. The molecule has 1 atom stereocenters. The smallest absolute Gasteiger partial charge is 0.257 e. The van der Waals surface area contributed by atoms with Crippen LogP contribution in [0.25, 0.3) is 0 Å². The molecule has 154 valence electrons. The predicted molar refractivity (Wildman–Crippen MR) is 113 cm³/mol. The Bertz CT molecular complexity index is 1100. The second-order valence-corrected chi connectivity index (χ2v) is 8.07. The van der Waals surface area contributed by atoms with Crippen molar-refractivity contribution in [3.8, 4) is 11.5 Å². The third kappa shape index (κ3) is 3.18. The normalized spacial score (nSPS) is 16.8. The van der Waals surface area contributed by atoms with E-state index in [0.717, 1.165) is 43.8 Å². The molecular weight excluding hydrogens is 376 g/mol. The van der Waals surface area contributed by atoms with E-state index in [0.29, 0.717) is 18.2 Å². The molecule has 1 aliphatic carbocycles. The van der Waals surface area contributed by atoms with Crippen LogP contribution in [0.1, 0.15) is 52.3 Å². The number of carbonyl (C=O) groups excluding carboxylic acids is 1. The molecule has 0 fully saturated rings. The van der Waals surface area contributed by atoms with Gasteiger partial charge in [0, 0.05) is 24.0 Å². The fraction of sp³-hybridized carbons (Fsp3) is 0.360. The van der Waals surface area contributed by atoms with E-state index in [9.17, 15) is 4.79 Å². The number of nitrogens with zero attached hydrogens (tertiary/aromatic N) is 2. The van der Waals surface area contributed by atoms with E-state index in [2.05, 4.69) is 34.4 Å². The number of ether oxygens (including phenoxy) is 2. The Balaban J connectivity index is 1.42. The molecule has 3 aromatic rings. The Labute approximate surface area is 176 Å². The summed E-state index contributed by atoms with van der Waals surface area (Å²) >= 11 is 0. The predicted octanol–water partition coefficient (Wildman–Crippen LogP) is 3.70. The van der Waals surface area contributed by atoms with Gasteiger partial charge in [-0.2, -0.15) is 0 Å². The zero-order chi connectivity index (χ0) is 20.7. The van der Waals surface area contributed by atoms with Crippen LogP contribution in [0.2, 0.25) is 0 Å². The molecule has 0 radical (unpaired) electrons. The van der Waals surface area contributed by atoms with Gasteiger partial charge in [-0.3, -0.25) is 4.79 Å². The summed E-state index contributed by atoms with van der Waals surface area (Å²) in [5.74, 6) is 3.09. The quantitative estimate of drug-likeness (QED) is 0.466. The van der Waals surface area contributed by atoms with Crippen LogP contribution in [0.3, 0.4) is 0 Å². The van der Waals surface area contributed by atoms with Gasteiger partial charge < -0.3 is 9.47 Å². The summed E-state index contributed by atoms with van der Waals surface area (Å²) in [4.78, 5) is 12.9. The minimum absolute atomic E-state index is 0.105. The van der Waals surface area contributed by atoms with Crippen molar-refractivity contribution < 1.29 is 18.8 Å². The molecule has 0 saturated carbocycles. The van der Waals surface area contributed by atoms with E-state index >= 15 is 0 Å². The molecule has 30 heavy (non-hydrogen) atoms. The maximum absolute atomic E-state index is 12.9. The van der Waals surface area contributed by atoms with E-state index in [1.807, 2.05) is 30.5 Å². The molecule has 0 bridgehead atoms. The number of ketones is 1. The van der Waals surface area contributed by atoms with Gasteiger partial charge in [-0.15, -0.1) is 0 Å². The van der Waals surface area contributed by atoms with Crippen molar-refractivity contribution in [1.82, 2.24) is 4.57 Å². The van der Waals surface area contributed by atoms with Gasteiger partial charge >= 0.3 is 0 Å². The van der Waals surface area contributed by atoms with Crippen molar-refractivity contribution in [2.75, 3.05) is 13.7 Å². The minimum atomic E-state index is 0.105. The topological polar surface area (TPSA) is 44.3 Å². The van der Waals surface area contributed by atoms with Crippen molar-refractivity contribution in [2.45, 2.75) is 45.2 Å². The Hall–Kier alpha value is -3.08. The molecule has 2 aliphatic rings. The van der Waals surface area contributed by atoms with Crippen molar-refractivity contribution >= 4 is 5.78 Å². The molecule has 2 heterocycles. The van der Waals surface area contributed by atoms with Crippen LogP contribution in [0.5, 0.6) is 11.5 Å². The second kappa shape index (κ2) is 7.63. The molecule has 1 aliphatic heterocycles. The lowest BCUT2D eigenvalue weighted by molar-refractivity contribution is -0.690. The first-order valence-corrected chi connectivity index (χ1v) is 10.7. The average Bonchev–Trinajstić information content (AvgIpc) is 3.49. The third-order valence-electron chi connectivity index (χ3n) is 6.41. The first-order valence-electron chi connectivity index (χ1n) is 10.7. The zero-order valence-electron chi connectivity index (χ0n) is 17.6. The number of imidazole rings is 1. The molecule has 0 N–H and O–H groups in total. The number of aryl methyl sites for hydroxylation is 1. The number of methoxy groups -OCH3 is 1. The number of fused-ring (bicyclic) bond motifs is 2. The first-order chi connectivity index (χ1) is 14.7. The van der Waals surface area contributed by atoms with Gasteiger partial charge in [0.25, 0.3) is 5.82 Å². The van der Waals surface area contributed by atoms with Crippen molar-refractivity contribution in [3.63, 3.8) is 0 Å². The Morgan fingerprint density at radius 3 is 2.80 bits per heavy atom. The lowest BCUT2D eigenvalue weighted by Crippen LogP contribution is -2.41. The van der Waals surface area contributed by atoms with Gasteiger partial charge in [0.15, 0.2) is 6.54 Å². The van der Waals surface area contributed by atoms with Crippen LogP contribution >= 0.6 is 0 Å². The molecule has 5 rings (SSSR count). The van der Waals surface area contributed by atoms with E-state index in [1.165, 1.54) is 22.5 Å². The second-order valence-electron chi connectivity index (χ2n) is 8.07. The minimum Gasteiger partial charge on any atom is -0.497 e. The van der Waals surface area contributed by atoms with Crippen molar-refractivity contribution in [3.05, 3.63) is 76.9 Å². The summed E-state index contributed by atoms with van der Waals surface area (Å²) in [5, 5.41) is 0. The van der Waals surface area contributed by atoms with Crippen LogP contribution in [-0.2, 0) is 25.8 Å². The average molecular weight is 404 g/mol. The largest absolute Gasteiger partial charge is 0.497 e. The maximum atomic E-state index is 12.9. The highest BCUT2D eigenvalue weighted by Gasteiger charge is 2.33. The van der Waals surface area contributed by atoms with E-state index in [4.69, 9.17) is 9.47 Å². The number of aromatic nitrogens is 2. The molecule has 2 aromatic carbocycles. The number of Topliss-reactive ketones (excluding diaryl/α,β-unsaturated/α-hetero) is 1. The van der Waals surface area contributed by atoms with Gasteiger partial charge in [-0.25, -0.2) is 9.13 Å². The van der Waals surface area contributed by atoms with Crippen molar-refractivity contribution in [2.24, 2.45) is 0 Å². The van der Waals surface area contributed by atoms with Gasteiger partial charge in [0.1, 0.15) is 29.9 Å². The van der Waals surface area contributed by atoms with Gasteiger partial charge in [-0.1, -0.05) is 13.0 Å². The molecule has 1 unspecified atom stereocenters. The number of hydrogen-bond acceptors (Lipinski definition) is 3. The summed E-state index contributed by atoms with van der Waals surface area (Å²) < 4.78 is 15.5. The molecule has 0 spiro atoms. The number of hydrogen-bond donors (Lipinski definition) is 0. The molecule has 1 aromatic heterocycles. The number of carbonyl (C=O) groups is 1. The number of rotatable bonds is 6. The standard InChI is InChI=1S/C25H27N2O3/c1-3-25-26(16-23(28)17-4-7-20(29-2)8-5-17)11-12-27(25)22-9-6-18-14-19-10-13-30-24(19)15-21(18)22/h4-5,7-8,11-12,14-15,22H,3,6,9-10,13,16H2,1-2H3/q+1. The van der Waals surface area contributed by atoms with E-state index in [-0.39, 0.29) is 5.78 Å². The molecule has 5 nitrogen and oxygen atoms in total. The third-order valence-corrected chi connectivity index (χ3v) is 6.41. The van der Waals surface area contributed by atoms with Crippen LogP contribution in [0, 0.1) is 0 Å². The van der Waals surface area contributed by atoms with Gasteiger partial charge in [0.2, 0.25) is 5.78 Å². The van der Waals surface area contributed by atoms with Crippen LogP contribution < -0.4 is 14.0 Å². The summed E-state index contributed by atoms with van der Waals surface area (Å²) in [6.45, 7) is 3.29.